The summed E-state index contributed by atoms with van der Waals surface area (Å²) in [7, 11) is 0. The number of hydrogen-bond donors (Lipinski definition) is 1. The average Bonchev–Trinajstić information content (AvgIpc) is 2.81. The van der Waals surface area contributed by atoms with Crippen molar-refractivity contribution in [3.63, 3.8) is 0 Å². The Kier molecular flexibility index (Phi) is 6.44. The molecule has 3 heterocycles. The molecular formula is C23H27N7O2. The van der Waals surface area contributed by atoms with Crippen LogP contribution < -0.4 is 15.0 Å². The van der Waals surface area contributed by atoms with Gasteiger partial charge in [-0.3, -0.25) is 4.79 Å². The van der Waals surface area contributed by atoms with Crippen molar-refractivity contribution in [1.82, 2.24) is 25.1 Å². The van der Waals surface area contributed by atoms with Gasteiger partial charge >= 0.3 is 0 Å². The zero-order chi connectivity index (χ0) is 22.5. The number of hydrogen-bond acceptors (Lipinski definition) is 8. The topological polar surface area (TPSA) is 96.4 Å². The van der Waals surface area contributed by atoms with E-state index in [9.17, 15) is 4.79 Å². The number of carbonyl (C=O) groups excluding carboxylic acids is 1. The minimum atomic E-state index is 0.0125. The number of nitrogens with one attached hydrogen (secondary N) is 1. The second-order valence-corrected chi connectivity index (χ2v) is 7.61. The first-order chi connectivity index (χ1) is 15.5. The van der Waals surface area contributed by atoms with E-state index in [2.05, 4.69) is 30.4 Å². The third kappa shape index (κ3) is 5.11. The van der Waals surface area contributed by atoms with Crippen molar-refractivity contribution in [3.8, 4) is 11.6 Å². The van der Waals surface area contributed by atoms with Crippen LogP contribution in [0.2, 0.25) is 0 Å². The van der Waals surface area contributed by atoms with Crippen molar-refractivity contribution in [1.29, 1.82) is 0 Å². The molecule has 166 valence electrons. The molecule has 0 spiro atoms. The van der Waals surface area contributed by atoms with Crippen molar-refractivity contribution < 1.29 is 9.53 Å². The Bertz CT molecular complexity index is 1060. The number of aromatic nitrogens is 4. The molecule has 32 heavy (non-hydrogen) atoms. The molecule has 1 fully saturated rings. The number of piperazine rings is 1. The van der Waals surface area contributed by atoms with Crippen molar-refractivity contribution >= 4 is 17.5 Å². The molecule has 0 radical (unpaired) electrons. The molecule has 1 aliphatic rings. The number of benzene rings is 1. The maximum absolute atomic E-state index is 13.0. The molecule has 0 unspecified atom stereocenters. The Morgan fingerprint density at radius 3 is 2.41 bits per heavy atom. The van der Waals surface area contributed by atoms with Crippen LogP contribution >= 0.6 is 0 Å². The van der Waals surface area contributed by atoms with E-state index in [0.717, 1.165) is 42.8 Å². The van der Waals surface area contributed by atoms with E-state index in [0.29, 0.717) is 30.3 Å². The van der Waals surface area contributed by atoms with Gasteiger partial charge in [-0.1, -0.05) is 0 Å². The fourth-order valence-corrected chi connectivity index (χ4v) is 3.53. The molecule has 4 rings (SSSR count). The van der Waals surface area contributed by atoms with Gasteiger partial charge < -0.3 is 19.9 Å². The van der Waals surface area contributed by atoms with E-state index in [1.807, 2.05) is 37.8 Å². The predicted molar refractivity (Wildman–Crippen MR) is 122 cm³/mol. The molecule has 9 heteroatoms. The number of ether oxygens (including phenoxy) is 1. The van der Waals surface area contributed by atoms with Gasteiger partial charge in [0.25, 0.3) is 5.91 Å². The lowest BCUT2D eigenvalue weighted by atomic mass is 10.1. The van der Waals surface area contributed by atoms with E-state index >= 15 is 0 Å². The summed E-state index contributed by atoms with van der Waals surface area (Å²) in [6, 6.07) is 12.7. The summed E-state index contributed by atoms with van der Waals surface area (Å²) < 4.78 is 5.69. The molecule has 0 atom stereocenters. The van der Waals surface area contributed by atoms with E-state index in [-0.39, 0.29) is 5.91 Å². The minimum absolute atomic E-state index is 0.0125. The lowest BCUT2D eigenvalue weighted by molar-refractivity contribution is 0.0746. The fraction of sp³-hybridized carbons (Fsp3) is 0.348. The van der Waals surface area contributed by atoms with E-state index < -0.39 is 0 Å². The van der Waals surface area contributed by atoms with Gasteiger partial charge in [0.2, 0.25) is 5.88 Å². The van der Waals surface area contributed by atoms with Crippen LogP contribution in [0, 0.1) is 13.8 Å². The highest BCUT2D eigenvalue weighted by molar-refractivity contribution is 5.94. The molecule has 0 aliphatic carbocycles. The summed E-state index contributed by atoms with van der Waals surface area (Å²) in [6.07, 6.45) is 0. The fourth-order valence-electron chi connectivity index (χ4n) is 3.53. The monoisotopic (exact) mass is 433 g/mol. The van der Waals surface area contributed by atoms with Crippen LogP contribution in [0.5, 0.6) is 11.6 Å². The number of rotatable bonds is 6. The molecule has 3 aromatic rings. The Morgan fingerprint density at radius 2 is 1.75 bits per heavy atom. The lowest BCUT2D eigenvalue weighted by Gasteiger charge is -2.35. The first kappa shape index (κ1) is 21.5. The van der Waals surface area contributed by atoms with Crippen molar-refractivity contribution in [2.75, 3.05) is 42.9 Å². The molecule has 9 nitrogen and oxygen atoms in total. The number of carbonyl (C=O) groups is 1. The van der Waals surface area contributed by atoms with Gasteiger partial charge in [-0.25, -0.2) is 9.97 Å². The van der Waals surface area contributed by atoms with E-state index in [1.54, 1.807) is 30.3 Å². The van der Waals surface area contributed by atoms with Crippen molar-refractivity contribution in [3.05, 3.63) is 59.5 Å². The normalized spacial score (nSPS) is 13.7. The van der Waals surface area contributed by atoms with Gasteiger partial charge in [0.15, 0.2) is 0 Å². The highest BCUT2D eigenvalue weighted by Gasteiger charge is 2.23. The smallest absolute Gasteiger partial charge is 0.253 e. The molecule has 1 N–H and O–H groups in total. The molecule has 0 saturated carbocycles. The molecule has 0 bridgehead atoms. The van der Waals surface area contributed by atoms with Crippen molar-refractivity contribution in [2.24, 2.45) is 0 Å². The highest BCUT2D eigenvalue weighted by atomic mass is 16.5. The minimum Gasteiger partial charge on any atom is -0.438 e. The van der Waals surface area contributed by atoms with E-state index in [4.69, 9.17) is 4.74 Å². The van der Waals surface area contributed by atoms with Gasteiger partial charge in [-0.2, -0.15) is 5.10 Å². The number of aryl methyl sites for hydroxylation is 2. The Labute approximate surface area is 187 Å². The van der Waals surface area contributed by atoms with Crippen LogP contribution in [0.4, 0.5) is 11.6 Å². The number of nitrogens with zero attached hydrogens (tertiary/aromatic N) is 6. The first-order valence-corrected chi connectivity index (χ1v) is 10.7. The zero-order valence-corrected chi connectivity index (χ0v) is 18.6. The van der Waals surface area contributed by atoms with Crippen molar-refractivity contribution in [2.45, 2.75) is 20.8 Å². The standard InChI is InChI=1S/C23H27N7O2/c1-4-24-20-15-21(26-17(3)25-20)29-11-13-30(14-12-29)23(31)18-6-8-19(9-7-18)32-22-10-5-16(2)27-28-22/h5-10,15H,4,11-14H2,1-3H3,(H,24,25,26). The van der Waals surface area contributed by atoms with Gasteiger partial charge in [-0.05, 0) is 51.1 Å². The van der Waals surface area contributed by atoms with Crippen LogP contribution in [0.15, 0.2) is 42.5 Å². The zero-order valence-electron chi connectivity index (χ0n) is 18.6. The quantitative estimate of drug-likeness (QED) is 0.634. The Balaban J connectivity index is 1.35. The van der Waals surface area contributed by atoms with Gasteiger partial charge in [0.1, 0.15) is 23.2 Å². The second-order valence-electron chi connectivity index (χ2n) is 7.61. The summed E-state index contributed by atoms with van der Waals surface area (Å²) in [4.78, 5) is 26.0. The predicted octanol–water partition coefficient (Wildman–Crippen LogP) is 3.07. The second kappa shape index (κ2) is 9.59. The van der Waals surface area contributed by atoms with Gasteiger partial charge in [-0.15, -0.1) is 5.10 Å². The molecule has 1 amide bonds. The number of anilines is 2. The summed E-state index contributed by atoms with van der Waals surface area (Å²) in [5, 5.41) is 11.2. The summed E-state index contributed by atoms with van der Waals surface area (Å²) in [6.45, 7) is 9.32. The maximum atomic E-state index is 13.0. The lowest BCUT2D eigenvalue weighted by Crippen LogP contribution is -2.49. The Morgan fingerprint density at radius 1 is 1.00 bits per heavy atom. The SMILES string of the molecule is CCNc1cc(N2CCN(C(=O)c3ccc(Oc4ccc(C)nn4)cc3)CC2)nc(C)n1. The molecule has 1 saturated heterocycles. The van der Waals surface area contributed by atoms with Crippen LogP contribution in [0.3, 0.4) is 0 Å². The van der Waals surface area contributed by atoms with Crippen LogP contribution in [0.1, 0.15) is 28.8 Å². The first-order valence-electron chi connectivity index (χ1n) is 10.7. The molecule has 1 aromatic carbocycles. The summed E-state index contributed by atoms with van der Waals surface area (Å²) >= 11 is 0. The third-order valence-corrected chi connectivity index (χ3v) is 5.17. The highest BCUT2D eigenvalue weighted by Crippen LogP contribution is 2.21. The van der Waals surface area contributed by atoms with Gasteiger partial charge in [0, 0.05) is 50.4 Å². The number of amides is 1. The van der Waals surface area contributed by atoms with E-state index in [1.165, 1.54) is 0 Å². The molecular weight excluding hydrogens is 406 g/mol. The van der Waals surface area contributed by atoms with Crippen LogP contribution in [0.25, 0.3) is 0 Å². The summed E-state index contributed by atoms with van der Waals surface area (Å²) in [5.74, 6) is 3.49. The summed E-state index contributed by atoms with van der Waals surface area (Å²) in [5.41, 5.74) is 1.46. The Hall–Kier alpha value is -3.75. The van der Waals surface area contributed by atoms with Gasteiger partial charge in [0.05, 0.1) is 5.69 Å². The maximum Gasteiger partial charge on any atom is 0.253 e. The average molecular weight is 434 g/mol. The molecule has 2 aromatic heterocycles. The largest absolute Gasteiger partial charge is 0.438 e. The third-order valence-electron chi connectivity index (χ3n) is 5.17. The molecule has 1 aliphatic heterocycles. The van der Waals surface area contributed by atoms with Crippen LogP contribution in [-0.2, 0) is 0 Å². The van der Waals surface area contributed by atoms with Crippen LogP contribution in [-0.4, -0.2) is 63.7 Å².